The first-order chi connectivity index (χ1) is 10.0. The molecule has 0 bridgehead atoms. The molecular formula is C16H15FN2O2. The second kappa shape index (κ2) is 6.17. The van der Waals surface area contributed by atoms with Crippen LogP contribution >= 0.6 is 0 Å². The van der Waals surface area contributed by atoms with Gasteiger partial charge in [0.25, 0.3) is 11.8 Å². The number of aryl methyl sites for hydroxylation is 1. The Morgan fingerprint density at radius 2 is 1.67 bits per heavy atom. The molecule has 0 aliphatic carbocycles. The molecule has 5 heteroatoms. The highest BCUT2D eigenvalue weighted by Gasteiger charge is 2.12. The number of amides is 2. The molecule has 2 N–H and O–H groups in total. The number of benzene rings is 2. The molecule has 0 atom stereocenters. The van der Waals surface area contributed by atoms with E-state index in [0.29, 0.717) is 11.3 Å². The molecule has 21 heavy (non-hydrogen) atoms. The Kier molecular flexibility index (Phi) is 4.33. The summed E-state index contributed by atoms with van der Waals surface area (Å²) in [6.07, 6.45) is 0. The van der Waals surface area contributed by atoms with Gasteiger partial charge in [0.05, 0.1) is 5.56 Å². The predicted molar refractivity (Wildman–Crippen MR) is 78.9 cm³/mol. The zero-order chi connectivity index (χ0) is 15.4. The maximum absolute atomic E-state index is 13.6. The van der Waals surface area contributed by atoms with Crippen LogP contribution in [0.5, 0.6) is 0 Å². The van der Waals surface area contributed by atoms with E-state index in [0.717, 1.165) is 5.56 Å². The molecule has 0 unspecified atom stereocenters. The number of nitrogens with one attached hydrogen (secondary N) is 2. The monoisotopic (exact) mass is 286 g/mol. The molecule has 0 spiro atoms. The van der Waals surface area contributed by atoms with Crippen LogP contribution < -0.4 is 10.6 Å². The Morgan fingerprint density at radius 1 is 1.00 bits per heavy atom. The minimum atomic E-state index is -0.569. The maximum atomic E-state index is 13.6. The Bertz CT molecular complexity index is 681. The van der Waals surface area contributed by atoms with Gasteiger partial charge in [-0.05, 0) is 43.3 Å². The SMILES string of the molecule is CNC(=O)c1ccc(NC(=O)c2cc(C)ccc2F)cc1. The number of hydrogen-bond acceptors (Lipinski definition) is 2. The number of anilines is 1. The van der Waals surface area contributed by atoms with E-state index in [2.05, 4.69) is 10.6 Å². The first-order valence-corrected chi connectivity index (χ1v) is 6.41. The molecule has 0 fully saturated rings. The molecule has 2 amide bonds. The molecule has 0 aliphatic rings. The standard InChI is InChI=1S/C16H15FN2O2/c1-10-3-8-14(17)13(9-10)16(21)19-12-6-4-11(5-7-12)15(20)18-2/h3-9H,1-2H3,(H,18,20)(H,19,21). The summed E-state index contributed by atoms with van der Waals surface area (Å²) in [7, 11) is 1.54. The summed E-state index contributed by atoms with van der Waals surface area (Å²) >= 11 is 0. The van der Waals surface area contributed by atoms with E-state index in [-0.39, 0.29) is 11.5 Å². The summed E-state index contributed by atoms with van der Waals surface area (Å²) in [5.74, 6) is -1.30. The van der Waals surface area contributed by atoms with Crippen molar-refractivity contribution in [2.75, 3.05) is 12.4 Å². The van der Waals surface area contributed by atoms with Crippen LogP contribution in [-0.2, 0) is 0 Å². The fourth-order valence-corrected chi connectivity index (χ4v) is 1.86. The third-order valence-corrected chi connectivity index (χ3v) is 3.00. The van der Waals surface area contributed by atoms with Gasteiger partial charge in [0.1, 0.15) is 5.82 Å². The van der Waals surface area contributed by atoms with Crippen molar-refractivity contribution < 1.29 is 14.0 Å². The van der Waals surface area contributed by atoms with Gasteiger partial charge < -0.3 is 10.6 Å². The lowest BCUT2D eigenvalue weighted by molar-refractivity contribution is 0.0962. The lowest BCUT2D eigenvalue weighted by Crippen LogP contribution is -2.18. The van der Waals surface area contributed by atoms with E-state index in [1.807, 2.05) is 0 Å². The molecule has 0 radical (unpaired) electrons. The van der Waals surface area contributed by atoms with E-state index in [1.54, 1.807) is 44.3 Å². The van der Waals surface area contributed by atoms with Gasteiger partial charge >= 0.3 is 0 Å². The number of carbonyl (C=O) groups is 2. The highest BCUT2D eigenvalue weighted by Crippen LogP contribution is 2.14. The molecule has 108 valence electrons. The first-order valence-electron chi connectivity index (χ1n) is 6.41. The lowest BCUT2D eigenvalue weighted by Gasteiger charge is -2.07. The minimum absolute atomic E-state index is 0.00891. The van der Waals surface area contributed by atoms with E-state index < -0.39 is 11.7 Å². The van der Waals surface area contributed by atoms with E-state index in [1.165, 1.54) is 12.1 Å². The molecule has 2 rings (SSSR count). The van der Waals surface area contributed by atoms with Crippen LogP contribution in [0.25, 0.3) is 0 Å². The first kappa shape index (κ1) is 14.7. The zero-order valence-electron chi connectivity index (χ0n) is 11.7. The Balaban J connectivity index is 2.16. The van der Waals surface area contributed by atoms with Gasteiger partial charge in [0.15, 0.2) is 0 Å². The predicted octanol–water partition coefficient (Wildman–Crippen LogP) is 2.75. The molecule has 2 aromatic carbocycles. The van der Waals surface area contributed by atoms with Gasteiger partial charge in [-0.15, -0.1) is 0 Å². The van der Waals surface area contributed by atoms with Crippen LogP contribution in [0, 0.1) is 12.7 Å². The molecule has 0 heterocycles. The van der Waals surface area contributed by atoms with Crippen LogP contribution in [0.15, 0.2) is 42.5 Å². The molecule has 0 saturated carbocycles. The molecular weight excluding hydrogens is 271 g/mol. The summed E-state index contributed by atoms with van der Waals surface area (Å²) in [4.78, 5) is 23.4. The summed E-state index contributed by atoms with van der Waals surface area (Å²) in [6.45, 7) is 1.79. The minimum Gasteiger partial charge on any atom is -0.355 e. The van der Waals surface area contributed by atoms with Gasteiger partial charge in [-0.3, -0.25) is 9.59 Å². The maximum Gasteiger partial charge on any atom is 0.258 e. The van der Waals surface area contributed by atoms with E-state index >= 15 is 0 Å². The Hall–Kier alpha value is -2.69. The van der Waals surface area contributed by atoms with Crippen molar-refractivity contribution in [3.8, 4) is 0 Å². The summed E-state index contributed by atoms with van der Waals surface area (Å²) in [5.41, 5.74) is 1.77. The van der Waals surface area contributed by atoms with Gasteiger partial charge in [-0.2, -0.15) is 0 Å². The van der Waals surface area contributed by atoms with Crippen molar-refractivity contribution in [1.82, 2.24) is 5.32 Å². The normalized spacial score (nSPS) is 10.0. The third kappa shape index (κ3) is 3.45. The van der Waals surface area contributed by atoms with Crippen LogP contribution in [-0.4, -0.2) is 18.9 Å². The lowest BCUT2D eigenvalue weighted by atomic mass is 10.1. The zero-order valence-corrected chi connectivity index (χ0v) is 11.7. The smallest absolute Gasteiger partial charge is 0.258 e. The van der Waals surface area contributed by atoms with Crippen molar-refractivity contribution in [2.24, 2.45) is 0 Å². The largest absolute Gasteiger partial charge is 0.355 e. The Morgan fingerprint density at radius 3 is 2.29 bits per heavy atom. The number of hydrogen-bond donors (Lipinski definition) is 2. The topological polar surface area (TPSA) is 58.2 Å². The molecule has 0 aromatic heterocycles. The van der Waals surface area contributed by atoms with Crippen LogP contribution in [0.4, 0.5) is 10.1 Å². The van der Waals surface area contributed by atoms with Crippen molar-refractivity contribution in [2.45, 2.75) is 6.92 Å². The molecule has 4 nitrogen and oxygen atoms in total. The third-order valence-electron chi connectivity index (χ3n) is 3.00. The average Bonchev–Trinajstić information content (AvgIpc) is 2.49. The summed E-state index contributed by atoms with van der Waals surface area (Å²) in [6, 6.07) is 10.7. The van der Waals surface area contributed by atoms with Crippen molar-refractivity contribution >= 4 is 17.5 Å². The fraction of sp³-hybridized carbons (Fsp3) is 0.125. The molecule has 2 aromatic rings. The van der Waals surface area contributed by atoms with Gasteiger partial charge in [0.2, 0.25) is 0 Å². The summed E-state index contributed by atoms with van der Waals surface area (Å²) in [5, 5.41) is 5.10. The van der Waals surface area contributed by atoms with E-state index in [9.17, 15) is 14.0 Å². The number of rotatable bonds is 3. The van der Waals surface area contributed by atoms with Crippen molar-refractivity contribution in [1.29, 1.82) is 0 Å². The average molecular weight is 286 g/mol. The number of halogens is 1. The van der Waals surface area contributed by atoms with Gasteiger partial charge in [-0.1, -0.05) is 11.6 Å². The highest BCUT2D eigenvalue weighted by molar-refractivity contribution is 6.04. The van der Waals surface area contributed by atoms with Crippen LogP contribution in [0.3, 0.4) is 0 Å². The Labute approximate surface area is 122 Å². The quantitative estimate of drug-likeness (QED) is 0.911. The van der Waals surface area contributed by atoms with Crippen molar-refractivity contribution in [3.63, 3.8) is 0 Å². The van der Waals surface area contributed by atoms with Crippen LogP contribution in [0.2, 0.25) is 0 Å². The molecule has 0 saturated heterocycles. The second-order valence-electron chi connectivity index (χ2n) is 4.59. The van der Waals surface area contributed by atoms with Gasteiger partial charge in [0, 0.05) is 18.3 Å². The second-order valence-corrected chi connectivity index (χ2v) is 4.59. The van der Waals surface area contributed by atoms with Gasteiger partial charge in [-0.25, -0.2) is 4.39 Å². The summed E-state index contributed by atoms with van der Waals surface area (Å²) < 4.78 is 13.6. The molecule has 0 aliphatic heterocycles. The highest BCUT2D eigenvalue weighted by atomic mass is 19.1. The van der Waals surface area contributed by atoms with Crippen molar-refractivity contribution in [3.05, 3.63) is 65.0 Å². The van der Waals surface area contributed by atoms with Crippen LogP contribution in [0.1, 0.15) is 26.3 Å². The van der Waals surface area contributed by atoms with E-state index in [4.69, 9.17) is 0 Å². The fourth-order valence-electron chi connectivity index (χ4n) is 1.86. The number of carbonyl (C=O) groups excluding carboxylic acids is 2.